The fraction of sp³-hybridized carbons (Fsp3) is 0.556. The summed E-state index contributed by atoms with van der Waals surface area (Å²) in [7, 11) is 0. The van der Waals surface area contributed by atoms with Gasteiger partial charge in [-0.1, -0.05) is 31.2 Å². The zero-order valence-corrected chi connectivity index (χ0v) is 14.7. The van der Waals surface area contributed by atoms with Crippen molar-refractivity contribution in [2.24, 2.45) is 0 Å². The molecule has 0 heterocycles. The van der Waals surface area contributed by atoms with Crippen LogP contribution in [0.3, 0.4) is 0 Å². The van der Waals surface area contributed by atoms with E-state index in [-0.39, 0.29) is 17.9 Å². The number of hydrogen-bond donors (Lipinski definition) is 2. The van der Waals surface area contributed by atoms with E-state index in [0.717, 1.165) is 25.0 Å². The Kier molecular flexibility index (Phi) is 6.96. The van der Waals surface area contributed by atoms with Crippen molar-refractivity contribution < 1.29 is 9.59 Å². The first-order valence-corrected chi connectivity index (χ1v) is 9.68. The zero-order chi connectivity index (χ0) is 16.7. The van der Waals surface area contributed by atoms with E-state index in [4.69, 9.17) is 0 Å². The average Bonchev–Trinajstić information content (AvgIpc) is 2.58. The molecule has 1 aromatic carbocycles. The van der Waals surface area contributed by atoms with Crippen molar-refractivity contribution in [3.8, 4) is 0 Å². The van der Waals surface area contributed by atoms with Gasteiger partial charge in [0.1, 0.15) is 6.04 Å². The van der Waals surface area contributed by atoms with Gasteiger partial charge in [-0.25, -0.2) is 0 Å². The first kappa shape index (κ1) is 17.9. The molecule has 2 amide bonds. The van der Waals surface area contributed by atoms with E-state index in [1.54, 1.807) is 18.7 Å². The Morgan fingerprint density at radius 1 is 1.30 bits per heavy atom. The summed E-state index contributed by atoms with van der Waals surface area (Å²) in [5.74, 6) is 0.737. The first-order valence-electron chi connectivity index (χ1n) is 8.29. The van der Waals surface area contributed by atoms with Crippen molar-refractivity contribution in [2.75, 3.05) is 12.0 Å². The average molecular weight is 334 g/mol. The van der Waals surface area contributed by atoms with Gasteiger partial charge >= 0.3 is 0 Å². The van der Waals surface area contributed by atoms with E-state index in [1.165, 1.54) is 11.1 Å². The predicted molar refractivity (Wildman–Crippen MR) is 95.6 cm³/mol. The molecule has 0 unspecified atom stereocenters. The predicted octanol–water partition coefficient (Wildman–Crippen LogP) is 2.31. The molecule has 126 valence electrons. The SMILES string of the molecule is CCC(=O)N[C@@H](CCSC)C(=O)N[C@H]1CCc2ccccc2C1. The molecule has 0 saturated carbocycles. The molecule has 1 aliphatic carbocycles. The smallest absolute Gasteiger partial charge is 0.242 e. The molecule has 4 nitrogen and oxygen atoms in total. The Labute approximate surface area is 142 Å². The number of thioether (sulfide) groups is 1. The second-order valence-electron chi connectivity index (χ2n) is 5.97. The van der Waals surface area contributed by atoms with Crippen molar-refractivity contribution in [3.05, 3.63) is 35.4 Å². The highest BCUT2D eigenvalue weighted by molar-refractivity contribution is 7.98. The van der Waals surface area contributed by atoms with Gasteiger partial charge in [0.2, 0.25) is 11.8 Å². The molecule has 23 heavy (non-hydrogen) atoms. The van der Waals surface area contributed by atoms with Gasteiger partial charge in [-0.05, 0) is 48.8 Å². The second-order valence-corrected chi connectivity index (χ2v) is 6.96. The summed E-state index contributed by atoms with van der Waals surface area (Å²) in [4.78, 5) is 24.2. The van der Waals surface area contributed by atoms with Crippen LogP contribution in [0.4, 0.5) is 0 Å². The number of fused-ring (bicyclic) bond motifs is 1. The van der Waals surface area contributed by atoms with Crippen LogP contribution in [0.1, 0.15) is 37.3 Å². The Balaban J connectivity index is 1.94. The number of aryl methyl sites for hydroxylation is 1. The van der Waals surface area contributed by atoms with E-state index >= 15 is 0 Å². The van der Waals surface area contributed by atoms with Gasteiger partial charge in [-0.3, -0.25) is 9.59 Å². The van der Waals surface area contributed by atoms with Crippen LogP contribution < -0.4 is 10.6 Å². The summed E-state index contributed by atoms with van der Waals surface area (Å²) in [6.07, 6.45) is 5.91. The quantitative estimate of drug-likeness (QED) is 0.804. The monoisotopic (exact) mass is 334 g/mol. The van der Waals surface area contributed by atoms with E-state index in [9.17, 15) is 9.59 Å². The summed E-state index contributed by atoms with van der Waals surface area (Å²) in [5, 5.41) is 5.98. The lowest BCUT2D eigenvalue weighted by atomic mass is 9.88. The topological polar surface area (TPSA) is 58.2 Å². The molecule has 1 aliphatic rings. The molecule has 0 spiro atoms. The molecule has 0 aliphatic heterocycles. The Hall–Kier alpha value is -1.49. The summed E-state index contributed by atoms with van der Waals surface area (Å²) >= 11 is 1.69. The van der Waals surface area contributed by atoms with Gasteiger partial charge < -0.3 is 10.6 Å². The number of nitrogens with one attached hydrogen (secondary N) is 2. The minimum atomic E-state index is -0.424. The van der Waals surface area contributed by atoms with E-state index < -0.39 is 6.04 Å². The van der Waals surface area contributed by atoms with Crippen LogP contribution in [0.15, 0.2) is 24.3 Å². The van der Waals surface area contributed by atoms with Gasteiger partial charge in [0.05, 0.1) is 0 Å². The zero-order valence-electron chi connectivity index (χ0n) is 13.9. The number of carbonyl (C=O) groups is 2. The summed E-state index contributed by atoms with van der Waals surface area (Å²) in [5.41, 5.74) is 2.71. The molecule has 2 atom stereocenters. The number of hydrogen-bond acceptors (Lipinski definition) is 3. The summed E-state index contributed by atoms with van der Waals surface area (Å²) in [6, 6.07) is 8.15. The van der Waals surface area contributed by atoms with Crippen LogP contribution in [0.2, 0.25) is 0 Å². The van der Waals surface area contributed by atoms with Crippen LogP contribution >= 0.6 is 11.8 Å². The molecule has 1 aromatic rings. The van der Waals surface area contributed by atoms with E-state index in [1.807, 2.05) is 12.3 Å². The Morgan fingerprint density at radius 2 is 2.04 bits per heavy atom. The fourth-order valence-corrected chi connectivity index (χ4v) is 3.40. The Bertz CT molecular complexity index is 548. The Morgan fingerprint density at radius 3 is 2.74 bits per heavy atom. The van der Waals surface area contributed by atoms with Gasteiger partial charge in [0.15, 0.2) is 0 Å². The largest absolute Gasteiger partial charge is 0.351 e. The highest BCUT2D eigenvalue weighted by Crippen LogP contribution is 2.21. The third kappa shape index (κ3) is 5.27. The third-order valence-corrected chi connectivity index (χ3v) is 4.92. The molecule has 0 aromatic heterocycles. The van der Waals surface area contributed by atoms with Crippen LogP contribution in [0.25, 0.3) is 0 Å². The van der Waals surface area contributed by atoms with E-state index in [2.05, 4.69) is 28.8 Å². The van der Waals surface area contributed by atoms with Crippen molar-refractivity contribution in [1.29, 1.82) is 0 Å². The highest BCUT2D eigenvalue weighted by atomic mass is 32.2. The first-order chi connectivity index (χ1) is 11.1. The van der Waals surface area contributed by atoms with Crippen LogP contribution in [-0.2, 0) is 22.4 Å². The molecule has 2 N–H and O–H groups in total. The van der Waals surface area contributed by atoms with Gasteiger partial charge in [-0.2, -0.15) is 11.8 Å². The summed E-state index contributed by atoms with van der Waals surface area (Å²) < 4.78 is 0. The maximum atomic E-state index is 12.5. The maximum Gasteiger partial charge on any atom is 0.242 e. The van der Waals surface area contributed by atoms with Crippen LogP contribution in [0, 0.1) is 0 Å². The lowest BCUT2D eigenvalue weighted by Crippen LogP contribution is -2.50. The number of amides is 2. The number of carbonyl (C=O) groups excluding carboxylic acids is 2. The lowest BCUT2D eigenvalue weighted by Gasteiger charge is -2.27. The summed E-state index contributed by atoms with van der Waals surface area (Å²) in [6.45, 7) is 1.80. The van der Waals surface area contributed by atoms with Gasteiger partial charge in [0, 0.05) is 12.5 Å². The van der Waals surface area contributed by atoms with Gasteiger partial charge in [-0.15, -0.1) is 0 Å². The second kappa shape index (κ2) is 8.96. The van der Waals surface area contributed by atoms with Crippen LogP contribution in [0.5, 0.6) is 0 Å². The number of rotatable bonds is 7. The van der Waals surface area contributed by atoms with E-state index in [0.29, 0.717) is 12.8 Å². The molecule has 0 bridgehead atoms. The van der Waals surface area contributed by atoms with Crippen molar-refractivity contribution in [3.63, 3.8) is 0 Å². The van der Waals surface area contributed by atoms with Crippen molar-refractivity contribution in [2.45, 2.75) is 51.1 Å². The fourth-order valence-electron chi connectivity index (χ4n) is 2.92. The molecule has 0 fully saturated rings. The lowest BCUT2D eigenvalue weighted by molar-refractivity contribution is -0.129. The van der Waals surface area contributed by atoms with Crippen molar-refractivity contribution in [1.82, 2.24) is 10.6 Å². The highest BCUT2D eigenvalue weighted by Gasteiger charge is 2.25. The standard InChI is InChI=1S/C18H26N2O2S/c1-3-17(21)20-16(10-11-23-2)18(22)19-15-9-8-13-6-4-5-7-14(13)12-15/h4-7,15-16H,3,8-12H2,1-2H3,(H,19,22)(H,20,21)/t15-,16-/m0/s1. The molecule has 2 rings (SSSR count). The molecule has 5 heteroatoms. The number of benzene rings is 1. The molecule has 0 saturated heterocycles. The molecule has 0 radical (unpaired) electrons. The minimum Gasteiger partial charge on any atom is -0.351 e. The van der Waals surface area contributed by atoms with Crippen molar-refractivity contribution >= 4 is 23.6 Å². The molecular weight excluding hydrogens is 308 g/mol. The maximum absolute atomic E-state index is 12.5. The molecular formula is C18H26N2O2S. The normalized spacial score (nSPS) is 17.9. The minimum absolute atomic E-state index is 0.0507. The third-order valence-electron chi connectivity index (χ3n) is 4.28. The van der Waals surface area contributed by atoms with Gasteiger partial charge in [0.25, 0.3) is 0 Å². The van der Waals surface area contributed by atoms with Crippen LogP contribution in [-0.4, -0.2) is 35.9 Å².